The van der Waals surface area contributed by atoms with Crippen LogP contribution in [0.2, 0.25) is 5.02 Å². The Bertz CT molecular complexity index is 379. The predicted molar refractivity (Wildman–Crippen MR) is 61.1 cm³/mol. The molecular formula is C12H14ClFO2. The van der Waals surface area contributed by atoms with Crippen LogP contribution in [0.5, 0.6) is 0 Å². The Hall–Kier alpha value is -1.09. The molecule has 0 aliphatic carbocycles. The third-order valence-electron chi connectivity index (χ3n) is 2.46. The highest BCUT2D eigenvalue weighted by Crippen LogP contribution is 2.22. The van der Waals surface area contributed by atoms with Gasteiger partial charge in [0.05, 0.1) is 5.92 Å². The van der Waals surface area contributed by atoms with E-state index in [1.165, 1.54) is 18.2 Å². The summed E-state index contributed by atoms with van der Waals surface area (Å²) in [6.07, 6.45) is 1.63. The highest BCUT2D eigenvalue weighted by molar-refractivity contribution is 6.31. The van der Waals surface area contributed by atoms with Crippen molar-refractivity contribution in [2.45, 2.75) is 26.2 Å². The summed E-state index contributed by atoms with van der Waals surface area (Å²) in [5.41, 5.74) is 0.558. The van der Waals surface area contributed by atoms with E-state index in [-0.39, 0.29) is 12.2 Å². The fraction of sp³-hybridized carbons (Fsp3) is 0.417. The van der Waals surface area contributed by atoms with Crippen LogP contribution >= 0.6 is 11.6 Å². The molecule has 0 fully saturated rings. The van der Waals surface area contributed by atoms with Gasteiger partial charge in [0.25, 0.3) is 0 Å². The van der Waals surface area contributed by atoms with Gasteiger partial charge in [-0.2, -0.15) is 0 Å². The molecule has 0 aliphatic heterocycles. The Labute approximate surface area is 99.0 Å². The van der Waals surface area contributed by atoms with Gasteiger partial charge in [-0.15, -0.1) is 0 Å². The summed E-state index contributed by atoms with van der Waals surface area (Å²) in [5, 5.41) is 9.41. The van der Waals surface area contributed by atoms with E-state index < -0.39 is 11.9 Å². The molecule has 16 heavy (non-hydrogen) atoms. The highest BCUT2D eigenvalue weighted by atomic mass is 35.5. The molecule has 2 nitrogen and oxygen atoms in total. The summed E-state index contributed by atoms with van der Waals surface area (Å²) in [7, 11) is 0. The number of hydrogen-bond donors (Lipinski definition) is 1. The molecule has 0 aliphatic rings. The summed E-state index contributed by atoms with van der Waals surface area (Å²) in [4.78, 5) is 11.0. The molecule has 0 saturated heterocycles. The normalized spacial score (nSPS) is 12.4. The van der Waals surface area contributed by atoms with Crippen LogP contribution < -0.4 is 0 Å². The van der Waals surface area contributed by atoms with Gasteiger partial charge in [0, 0.05) is 5.02 Å². The van der Waals surface area contributed by atoms with E-state index in [9.17, 15) is 9.18 Å². The molecule has 0 saturated carbocycles. The number of carboxylic acid groups (broad SMARTS) is 1. The summed E-state index contributed by atoms with van der Waals surface area (Å²) in [6, 6.07) is 4.02. The van der Waals surface area contributed by atoms with E-state index in [2.05, 4.69) is 0 Å². The van der Waals surface area contributed by atoms with Crippen LogP contribution in [0.1, 0.15) is 25.3 Å². The van der Waals surface area contributed by atoms with Crippen molar-refractivity contribution in [3.8, 4) is 0 Å². The van der Waals surface area contributed by atoms with Gasteiger partial charge >= 0.3 is 5.97 Å². The smallest absolute Gasteiger partial charge is 0.306 e. The molecule has 1 unspecified atom stereocenters. The molecule has 0 radical (unpaired) electrons. The minimum Gasteiger partial charge on any atom is -0.481 e. The Morgan fingerprint density at radius 3 is 2.81 bits per heavy atom. The molecule has 0 heterocycles. The van der Waals surface area contributed by atoms with Crippen LogP contribution in [-0.4, -0.2) is 11.1 Å². The fourth-order valence-electron chi connectivity index (χ4n) is 1.63. The summed E-state index contributed by atoms with van der Waals surface area (Å²) < 4.78 is 13.0. The topological polar surface area (TPSA) is 37.3 Å². The third kappa shape index (κ3) is 3.49. The van der Waals surface area contributed by atoms with Gasteiger partial charge in [0.15, 0.2) is 0 Å². The van der Waals surface area contributed by atoms with Crippen molar-refractivity contribution in [1.82, 2.24) is 0 Å². The maximum Gasteiger partial charge on any atom is 0.306 e. The van der Waals surface area contributed by atoms with E-state index in [1.54, 1.807) is 0 Å². The first-order valence-corrected chi connectivity index (χ1v) is 5.59. The van der Waals surface area contributed by atoms with Gasteiger partial charge in [-0.05, 0) is 36.6 Å². The Balaban J connectivity index is 2.84. The summed E-state index contributed by atoms with van der Waals surface area (Å²) in [6.45, 7) is 1.92. The zero-order chi connectivity index (χ0) is 12.1. The minimum absolute atomic E-state index is 0.278. The van der Waals surface area contributed by atoms with Gasteiger partial charge in [0.1, 0.15) is 5.82 Å². The van der Waals surface area contributed by atoms with Crippen LogP contribution in [0.25, 0.3) is 0 Å². The molecule has 0 amide bonds. The van der Waals surface area contributed by atoms with Crippen LogP contribution in [0.4, 0.5) is 4.39 Å². The molecule has 0 bridgehead atoms. The van der Waals surface area contributed by atoms with E-state index in [1.807, 2.05) is 6.92 Å². The Morgan fingerprint density at radius 1 is 1.56 bits per heavy atom. The molecule has 1 aromatic rings. The van der Waals surface area contributed by atoms with Crippen molar-refractivity contribution in [1.29, 1.82) is 0 Å². The second-order valence-corrected chi connectivity index (χ2v) is 4.17. The second kappa shape index (κ2) is 5.85. The van der Waals surface area contributed by atoms with Gasteiger partial charge in [-0.3, -0.25) is 4.79 Å². The highest BCUT2D eigenvalue weighted by Gasteiger charge is 2.18. The lowest BCUT2D eigenvalue weighted by atomic mass is 9.95. The van der Waals surface area contributed by atoms with Crippen molar-refractivity contribution in [3.05, 3.63) is 34.6 Å². The lowest BCUT2D eigenvalue weighted by molar-refractivity contribution is -0.141. The van der Waals surface area contributed by atoms with Crippen molar-refractivity contribution in [2.24, 2.45) is 5.92 Å². The minimum atomic E-state index is -0.859. The van der Waals surface area contributed by atoms with Crippen LogP contribution in [0.3, 0.4) is 0 Å². The van der Waals surface area contributed by atoms with E-state index in [0.29, 0.717) is 17.0 Å². The van der Waals surface area contributed by atoms with Crippen molar-refractivity contribution < 1.29 is 14.3 Å². The number of carbonyl (C=O) groups is 1. The average Bonchev–Trinajstić information content (AvgIpc) is 2.22. The first kappa shape index (κ1) is 13.0. The van der Waals surface area contributed by atoms with E-state index in [4.69, 9.17) is 16.7 Å². The second-order valence-electron chi connectivity index (χ2n) is 3.76. The average molecular weight is 245 g/mol. The molecule has 1 rings (SSSR count). The number of carboxylic acids is 1. The largest absolute Gasteiger partial charge is 0.481 e. The van der Waals surface area contributed by atoms with Crippen molar-refractivity contribution in [3.63, 3.8) is 0 Å². The SMILES string of the molecule is CCCC(Cc1cc(F)ccc1Cl)C(=O)O. The monoisotopic (exact) mass is 244 g/mol. The molecule has 88 valence electrons. The van der Waals surface area contributed by atoms with Crippen molar-refractivity contribution >= 4 is 17.6 Å². The maximum atomic E-state index is 13.0. The first-order chi connectivity index (χ1) is 7.54. The van der Waals surface area contributed by atoms with Gasteiger partial charge < -0.3 is 5.11 Å². The number of halogens is 2. The van der Waals surface area contributed by atoms with Crippen LogP contribution in [0.15, 0.2) is 18.2 Å². The molecule has 0 spiro atoms. The number of aliphatic carboxylic acids is 1. The molecular weight excluding hydrogens is 231 g/mol. The zero-order valence-electron chi connectivity index (χ0n) is 9.04. The lowest BCUT2D eigenvalue weighted by Crippen LogP contribution is -2.16. The van der Waals surface area contributed by atoms with E-state index in [0.717, 1.165) is 6.42 Å². The Morgan fingerprint density at radius 2 is 2.25 bits per heavy atom. The van der Waals surface area contributed by atoms with Gasteiger partial charge in [-0.25, -0.2) is 4.39 Å². The van der Waals surface area contributed by atoms with Crippen LogP contribution in [-0.2, 0) is 11.2 Å². The van der Waals surface area contributed by atoms with E-state index >= 15 is 0 Å². The molecule has 1 atom stereocenters. The molecule has 0 aromatic heterocycles. The van der Waals surface area contributed by atoms with Gasteiger partial charge in [-0.1, -0.05) is 24.9 Å². The summed E-state index contributed by atoms with van der Waals surface area (Å²) in [5.74, 6) is -1.74. The van der Waals surface area contributed by atoms with Crippen molar-refractivity contribution in [2.75, 3.05) is 0 Å². The summed E-state index contributed by atoms with van der Waals surface area (Å²) >= 11 is 5.89. The van der Waals surface area contributed by atoms with Crippen LogP contribution in [0, 0.1) is 11.7 Å². The number of rotatable bonds is 5. The zero-order valence-corrected chi connectivity index (χ0v) is 9.80. The number of benzene rings is 1. The quantitative estimate of drug-likeness (QED) is 0.861. The fourth-order valence-corrected chi connectivity index (χ4v) is 1.82. The predicted octanol–water partition coefficient (Wildman–Crippen LogP) is 3.52. The lowest BCUT2D eigenvalue weighted by Gasteiger charge is -2.12. The van der Waals surface area contributed by atoms with Gasteiger partial charge in [0.2, 0.25) is 0 Å². The molecule has 4 heteroatoms. The first-order valence-electron chi connectivity index (χ1n) is 5.21. The standard InChI is InChI=1S/C12H14ClFO2/c1-2-3-8(12(15)16)6-9-7-10(14)4-5-11(9)13/h4-5,7-8H,2-3,6H2,1H3,(H,15,16). The Kier molecular flexibility index (Phi) is 4.74. The molecule has 1 aromatic carbocycles. The number of hydrogen-bond acceptors (Lipinski definition) is 1. The maximum absolute atomic E-state index is 13.0. The molecule has 1 N–H and O–H groups in total. The third-order valence-corrected chi connectivity index (χ3v) is 2.83.